The molecule has 0 fully saturated rings. The minimum absolute atomic E-state index is 0.0578. The van der Waals surface area contributed by atoms with E-state index >= 15 is 0 Å². The van der Waals surface area contributed by atoms with Crippen molar-refractivity contribution >= 4 is 11.8 Å². The van der Waals surface area contributed by atoms with Crippen molar-refractivity contribution in [1.82, 2.24) is 9.78 Å². The van der Waals surface area contributed by atoms with E-state index in [4.69, 9.17) is 5.26 Å². The molecular formula is C12H9F2N3S. The van der Waals surface area contributed by atoms with Gasteiger partial charge < -0.3 is 0 Å². The molecule has 18 heavy (non-hydrogen) atoms. The second kappa shape index (κ2) is 4.78. The average molecular weight is 265 g/mol. The van der Waals surface area contributed by atoms with E-state index in [1.54, 1.807) is 23.9 Å². The van der Waals surface area contributed by atoms with Crippen LogP contribution in [0.25, 0.3) is 11.3 Å². The highest BCUT2D eigenvalue weighted by Crippen LogP contribution is 2.27. The van der Waals surface area contributed by atoms with Gasteiger partial charge in [0.15, 0.2) is 0 Å². The number of rotatable bonds is 2. The normalized spacial score (nSPS) is 10.4. The Hall–Kier alpha value is -1.87. The highest BCUT2D eigenvalue weighted by Gasteiger charge is 2.14. The number of aryl methyl sites for hydroxylation is 1. The summed E-state index contributed by atoms with van der Waals surface area (Å²) in [6, 6.07) is 5.16. The van der Waals surface area contributed by atoms with Crippen molar-refractivity contribution < 1.29 is 8.78 Å². The van der Waals surface area contributed by atoms with Gasteiger partial charge in [-0.15, -0.1) is 11.8 Å². The van der Waals surface area contributed by atoms with Crippen molar-refractivity contribution in [2.24, 2.45) is 7.05 Å². The quantitative estimate of drug-likeness (QED) is 0.784. The molecule has 0 bridgehead atoms. The molecule has 0 radical (unpaired) electrons. The van der Waals surface area contributed by atoms with E-state index < -0.39 is 11.6 Å². The van der Waals surface area contributed by atoms with Gasteiger partial charge in [-0.2, -0.15) is 10.4 Å². The zero-order valence-electron chi connectivity index (χ0n) is 9.74. The molecule has 0 saturated heterocycles. The maximum absolute atomic E-state index is 13.8. The van der Waals surface area contributed by atoms with Crippen molar-refractivity contribution in [3.05, 3.63) is 35.4 Å². The van der Waals surface area contributed by atoms with Gasteiger partial charge in [0.05, 0.1) is 16.3 Å². The van der Waals surface area contributed by atoms with E-state index in [-0.39, 0.29) is 11.1 Å². The molecular weight excluding hydrogens is 256 g/mol. The van der Waals surface area contributed by atoms with Gasteiger partial charge in [-0.1, -0.05) is 0 Å². The SMILES string of the molecule is CSc1cc(-c2cc(F)c(C#N)cc2F)nn1C. The van der Waals surface area contributed by atoms with E-state index in [0.29, 0.717) is 5.69 Å². The average Bonchev–Trinajstić information content (AvgIpc) is 2.72. The number of aromatic nitrogens is 2. The summed E-state index contributed by atoms with van der Waals surface area (Å²) >= 11 is 1.46. The molecule has 1 aromatic heterocycles. The minimum Gasteiger partial charge on any atom is -0.262 e. The Bertz CT molecular complexity index is 644. The summed E-state index contributed by atoms with van der Waals surface area (Å²) in [4.78, 5) is 0. The summed E-state index contributed by atoms with van der Waals surface area (Å²) < 4.78 is 28.8. The van der Waals surface area contributed by atoms with Crippen LogP contribution in [0.1, 0.15) is 5.56 Å². The van der Waals surface area contributed by atoms with Gasteiger partial charge in [-0.05, 0) is 24.5 Å². The van der Waals surface area contributed by atoms with Gasteiger partial charge in [0, 0.05) is 12.6 Å². The van der Waals surface area contributed by atoms with Crippen LogP contribution in [0.15, 0.2) is 23.2 Å². The second-order valence-corrected chi connectivity index (χ2v) is 4.45. The molecule has 0 spiro atoms. The molecule has 0 N–H and O–H groups in total. The van der Waals surface area contributed by atoms with Crippen LogP contribution in [0.3, 0.4) is 0 Å². The number of hydrogen-bond donors (Lipinski definition) is 0. The molecule has 0 aliphatic heterocycles. The van der Waals surface area contributed by atoms with Crippen LogP contribution in [0.5, 0.6) is 0 Å². The Morgan fingerprint density at radius 1 is 1.28 bits per heavy atom. The molecule has 92 valence electrons. The van der Waals surface area contributed by atoms with Crippen molar-refractivity contribution in [1.29, 1.82) is 5.26 Å². The third kappa shape index (κ3) is 2.09. The van der Waals surface area contributed by atoms with E-state index in [9.17, 15) is 8.78 Å². The molecule has 0 atom stereocenters. The molecule has 0 unspecified atom stereocenters. The maximum atomic E-state index is 13.8. The summed E-state index contributed by atoms with van der Waals surface area (Å²) in [5.74, 6) is -1.40. The molecule has 0 aliphatic rings. The monoisotopic (exact) mass is 265 g/mol. The summed E-state index contributed by atoms with van der Waals surface area (Å²) in [6.07, 6.45) is 1.87. The lowest BCUT2D eigenvalue weighted by Crippen LogP contribution is -1.94. The first kappa shape index (κ1) is 12.6. The fourth-order valence-electron chi connectivity index (χ4n) is 1.60. The number of thioether (sulfide) groups is 1. The summed E-state index contributed by atoms with van der Waals surface area (Å²) in [6.45, 7) is 0. The van der Waals surface area contributed by atoms with Crippen LogP contribution in [0.4, 0.5) is 8.78 Å². The van der Waals surface area contributed by atoms with E-state index in [1.807, 2.05) is 6.26 Å². The van der Waals surface area contributed by atoms with Crippen LogP contribution < -0.4 is 0 Å². The van der Waals surface area contributed by atoms with E-state index in [2.05, 4.69) is 5.10 Å². The van der Waals surface area contributed by atoms with Gasteiger partial charge in [0.2, 0.25) is 0 Å². The Balaban J connectivity index is 2.57. The molecule has 1 aromatic carbocycles. The lowest BCUT2D eigenvalue weighted by Gasteiger charge is -2.01. The summed E-state index contributed by atoms with van der Waals surface area (Å²) in [5.41, 5.74) is 0.0995. The molecule has 2 aromatic rings. The second-order valence-electron chi connectivity index (χ2n) is 3.62. The highest BCUT2D eigenvalue weighted by molar-refractivity contribution is 7.98. The Labute approximate surface area is 107 Å². The Kier molecular flexibility index (Phi) is 3.34. The van der Waals surface area contributed by atoms with Gasteiger partial charge in [0.1, 0.15) is 17.7 Å². The predicted octanol–water partition coefficient (Wildman–Crippen LogP) is 2.96. The standard InChI is InChI=1S/C12H9F2N3S/c1-17-12(18-2)5-11(16-17)8-4-9(13)7(6-15)3-10(8)14/h3-5H,1-2H3. The zero-order chi connectivity index (χ0) is 13.3. The minimum atomic E-state index is -0.745. The van der Waals surface area contributed by atoms with Gasteiger partial charge in [0.25, 0.3) is 0 Å². The molecule has 1 heterocycles. The highest BCUT2D eigenvalue weighted by atomic mass is 32.2. The van der Waals surface area contributed by atoms with Gasteiger partial charge in [-0.3, -0.25) is 4.68 Å². The third-order valence-electron chi connectivity index (χ3n) is 2.50. The Morgan fingerprint density at radius 2 is 2.00 bits per heavy atom. The molecule has 3 nitrogen and oxygen atoms in total. The summed E-state index contributed by atoms with van der Waals surface area (Å²) in [5, 5.41) is 13.6. The first-order valence-corrected chi connectivity index (χ1v) is 6.27. The van der Waals surface area contributed by atoms with Crippen LogP contribution in [-0.2, 0) is 7.05 Å². The van der Waals surface area contributed by atoms with Gasteiger partial charge >= 0.3 is 0 Å². The molecule has 6 heteroatoms. The molecule has 0 saturated carbocycles. The lowest BCUT2D eigenvalue weighted by atomic mass is 10.1. The van der Waals surface area contributed by atoms with Crippen molar-refractivity contribution in [2.75, 3.05) is 6.26 Å². The van der Waals surface area contributed by atoms with Crippen LogP contribution in [0.2, 0.25) is 0 Å². The lowest BCUT2D eigenvalue weighted by molar-refractivity contribution is 0.598. The number of nitrogens with zero attached hydrogens (tertiary/aromatic N) is 3. The van der Waals surface area contributed by atoms with Crippen LogP contribution >= 0.6 is 11.8 Å². The first-order chi connectivity index (χ1) is 8.56. The molecule has 0 amide bonds. The largest absolute Gasteiger partial charge is 0.262 e. The van der Waals surface area contributed by atoms with Crippen molar-refractivity contribution in [3.8, 4) is 17.3 Å². The van der Waals surface area contributed by atoms with Gasteiger partial charge in [-0.25, -0.2) is 8.78 Å². The Morgan fingerprint density at radius 3 is 2.56 bits per heavy atom. The van der Waals surface area contributed by atoms with E-state index in [1.165, 1.54) is 11.8 Å². The third-order valence-corrected chi connectivity index (χ3v) is 3.30. The smallest absolute Gasteiger partial charge is 0.141 e. The molecule has 0 aliphatic carbocycles. The predicted molar refractivity (Wildman–Crippen MR) is 65.1 cm³/mol. The van der Waals surface area contributed by atoms with Crippen LogP contribution in [0, 0.1) is 23.0 Å². The number of halogens is 2. The fraction of sp³-hybridized carbons (Fsp3) is 0.167. The topological polar surface area (TPSA) is 41.6 Å². The first-order valence-electron chi connectivity index (χ1n) is 5.04. The number of hydrogen-bond acceptors (Lipinski definition) is 3. The molecule has 2 rings (SSSR count). The summed E-state index contributed by atoms with van der Waals surface area (Å²) in [7, 11) is 1.73. The number of nitriles is 1. The maximum Gasteiger partial charge on any atom is 0.141 e. The van der Waals surface area contributed by atoms with Crippen molar-refractivity contribution in [2.45, 2.75) is 5.03 Å². The zero-order valence-corrected chi connectivity index (χ0v) is 10.6. The number of benzene rings is 1. The fourth-order valence-corrected chi connectivity index (χ4v) is 2.14. The van der Waals surface area contributed by atoms with Crippen molar-refractivity contribution in [3.63, 3.8) is 0 Å². The van der Waals surface area contributed by atoms with Crippen LogP contribution in [-0.4, -0.2) is 16.0 Å². The van der Waals surface area contributed by atoms with E-state index in [0.717, 1.165) is 17.2 Å².